The van der Waals surface area contributed by atoms with E-state index in [9.17, 15) is 0 Å². The predicted octanol–water partition coefficient (Wildman–Crippen LogP) is 3.40. The SMILES string of the molecule is COCCOCCCCNc1cc(C)nc2ccccc12. The van der Waals surface area contributed by atoms with Gasteiger partial charge in [-0.15, -0.1) is 0 Å². The molecule has 0 aliphatic rings. The van der Waals surface area contributed by atoms with Crippen molar-refractivity contribution in [2.75, 3.05) is 38.8 Å². The lowest BCUT2D eigenvalue weighted by molar-refractivity contribution is 0.0691. The number of benzene rings is 1. The molecule has 2 rings (SSSR count). The molecule has 1 N–H and O–H groups in total. The fourth-order valence-electron chi connectivity index (χ4n) is 2.25. The number of aromatic nitrogens is 1. The van der Waals surface area contributed by atoms with Crippen LogP contribution < -0.4 is 5.32 Å². The number of para-hydroxylation sites is 1. The van der Waals surface area contributed by atoms with Crippen molar-refractivity contribution in [1.82, 2.24) is 4.98 Å². The van der Waals surface area contributed by atoms with Crippen molar-refractivity contribution in [3.8, 4) is 0 Å². The summed E-state index contributed by atoms with van der Waals surface area (Å²) in [5, 5.41) is 4.69. The monoisotopic (exact) mass is 288 g/mol. The first-order valence-electron chi connectivity index (χ1n) is 7.48. The molecule has 1 aromatic carbocycles. The van der Waals surface area contributed by atoms with Gasteiger partial charge in [-0.05, 0) is 31.9 Å². The Morgan fingerprint density at radius 1 is 1.10 bits per heavy atom. The number of hydrogen-bond acceptors (Lipinski definition) is 4. The van der Waals surface area contributed by atoms with Crippen molar-refractivity contribution in [2.45, 2.75) is 19.8 Å². The van der Waals surface area contributed by atoms with Crippen LogP contribution in [-0.2, 0) is 9.47 Å². The minimum Gasteiger partial charge on any atom is -0.384 e. The number of hydrogen-bond donors (Lipinski definition) is 1. The molecule has 21 heavy (non-hydrogen) atoms. The molecule has 1 aromatic heterocycles. The average Bonchev–Trinajstić information content (AvgIpc) is 2.49. The molecule has 4 nitrogen and oxygen atoms in total. The van der Waals surface area contributed by atoms with Crippen LogP contribution in [0.1, 0.15) is 18.5 Å². The maximum absolute atomic E-state index is 5.45. The third kappa shape index (κ3) is 4.99. The van der Waals surface area contributed by atoms with Crippen LogP contribution in [0, 0.1) is 6.92 Å². The van der Waals surface area contributed by atoms with E-state index in [1.165, 1.54) is 11.1 Å². The van der Waals surface area contributed by atoms with Gasteiger partial charge in [0.2, 0.25) is 0 Å². The molecule has 0 spiro atoms. The summed E-state index contributed by atoms with van der Waals surface area (Å²) in [4.78, 5) is 4.55. The molecule has 0 saturated carbocycles. The number of fused-ring (bicyclic) bond motifs is 1. The maximum Gasteiger partial charge on any atom is 0.0725 e. The molecule has 4 heteroatoms. The molecule has 0 unspecified atom stereocenters. The van der Waals surface area contributed by atoms with Crippen molar-refractivity contribution in [1.29, 1.82) is 0 Å². The summed E-state index contributed by atoms with van der Waals surface area (Å²) < 4.78 is 10.4. The predicted molar refractivity (Wildman–Crippen MR) is 86.9 cm³/mol. The van der Waals surface area contributed by atoms with Gasteiger partial charge in [-0.3, -0.25) is 4.98 Å². The van der Waals surface area contributed by atoms with Gasteiger partial charge >= 0.3 is 0 Å². The van der Waals surface area contributed by atoms with E-state index in [-0.39, 0.29) is 0 Å². The molecule has 0 saturated heterocycles. The zero-order chi connectivity index (χ0) is 14.9. The van der Waals surface area contributed by atoms with E-state index in [2.05, 4.69) is 28.5 Å². The lowest BCUT2D eigenvalue weighted by Gasteiger charge is -2.10. The molecular formula is C17H24N2O2. The van der Waals surface area contributed by atoms with Gasteiger partial charge < -0.3 is 14.8 Å². The smallest absolute Gasteiger partial charge is 0.0725 e. The lowest BCUT2D eigenvalue weighted by atomic mass is 10.1. The number of ether oxygens (including phenoxy) is 2. The summed E-state index contributed by atoms with van der Waals surface area (Å²) in [5.41, 5.74) is 3.25. The van der Waals surface area contributed by atoms with Gasteiger partial charge in [-0.25, -0.2) is 0 Å². The van der Waals surface area contributed by atoms with E-state index in [0.29, 0.717) is 13.2 Å². The Kier molecular flexibility index (Phi) is 6.44. The normalized spacial score (nSPS) is 11.0. The third-order valence-corrected chi connectivity index (χ3v) is 3.31. The fraction of sp³-hybridized carbons (Fsp3) is 0.471. The Hall–Kier alpha value is -1.65. The van der Waals surface area contributed by atoms with E-state index < -0.39 is 0 Å². The van der Waals surface area contributed by atoms with Crippen molar-refractivity contribution < 1.29 is 9.47 Å². The van der Waals surface area contributed by atoms with Crippen molar-refractivity contribution in [2.24, 2.45) is 0 Å². The van der Waals surface area contributed by atoms with E-state index >= 15 is 0 Å². The van der Waals surface area contributed by atoms with Crippen LogP contribution in [0.25, 0.3) is 10.9 Å². The van der Waals surface area contributed by atoms with Gasteiger partial charge in [-0.2, -0.15) is 0 Å². The van der Waals surface area contributed by atoms with Crippen LogP contribution in [0.15, 0.2) is 30.3 Å². The maximum atomic E-state index is 5.45. The van der Waals surface area contributed by atoms with Gasteiger partial charge in [0, 0.05) is 37.0 Å². The van der Waals surface area contributed by atoms with Crippen LogP contribution >= 0.6 is 0 Å². The van der Waals surface area contributed by atoms with Crippen molar-refractivity contribution in [3.05, 3.63) is 36.0 Å². The molecule has 1 heterocycles. The summed E-state index contributed by atoms with van der Waals surface area (Å²) in [5.74, 6) is 0. The summed E-state index contributed by atoms with van der Waals surface area (Å²) in [7, 11) is 1.69. The number of anilines is 1. The van der Waals surface area contributed by atoms with E-state index in [1.54, 1.807) is 7.11 Å². The second-order valence-electron chi connectivity index (χ2n) is 5.07. The van der Waals surface area contributed by atoms with Crippen LogP contribution in [0.4, 0.5) is 5.69 Å². The number of unbranched alkanes of at least 4 members (excludes halogenated alkanes) is 1. The summed E-state index contributed by atoms with van der Waals surface area (Å²) in [6, 6.07) is 10.3. The molecular weight excluding hydrogens is 264 g/mol. The number of methoxy groups -OCH3 is 1. The number of aryl methyl sites for hydroxylation is 1. The molecule has 0 aliphatic carbocycles. The number of pyridine rings is 1. The number of nitrogens with zero attached hydrogens (tertiary/aromatic N) is 1. The zero-order valence-corrected chi connectivity index (χ0v) is 12.9. The molecule has 0 atom stereocenters. The average molecular weight is 288 g/mol. The molecule has 0 radical (unpaired) electrons. The van der Waals surface area contributed by atoms with Gasteiger partial charge in [-0.1, -0.05) is 18.2 Å². The summed E-state index contributed by atoms with van der Waals surface area (Å²) in [6.45, 7) is 5.11. The van der Waals surface area contributed by atoms with Crippen LogP contribution in [0.2, 0.25) is 0 Å². The summed E-state index contributed by atoms with van der Waals surface area (Å²) in [6.07, 6.45) is 2.14. The third-order valence-electron chi connectivity index (χ3n) is 3.31. The summed E-state index contributed by atoms with van der Waals surface area (Å²) >= 11 is 0. The van der Waals surface area contributed by atoms with Crippen LogP contribution in [0.3, 0.4) is 0 Å². The first kappa shape index (κ1) is 15.7. The van der Waals surface area contributed by atoms with Crippen molar-refractivity contribution in [3.63, 3.8) is 0 Å². The fourth-order valence-corrected chi connectivity index (χ4v) is 2.25. The highest BCUT2D eigenvalue weighted by molar-refractivity contribution is 5.91. The first-order chi connectivity index (χ1) is 10.3. The minimum atomic E-state index is 0.667. The number of nitrogens with one attached hydrogen (secondary N) is 1. The Balaban J connectivity index is 1.78. The van der Waals surface area contributed by atoms with Gasteiger partial charge in [0.05, 0.1) is 18.7 Å². The molecule has 0 amide bonds. The van der Waals surface area contributed by atoms with E-state index in [1.807, 2.05) is 19.1 Å². The van der Waals surface area contributed by atoms with E-state index in [4.69, 9.17) is 9.47 Å². The minimum absolute atomic E-state index is 0.667. The zero-order valence-electron chi connectivity index (χ0n) is 12.9. The largest absolute Gasteiger partial charge is 0.384 e. The van der Waals surface area contributed by atoms with Gasteiger partial charge in [0.15, 0.2) is 0 Å². The quantitative estimate of drug-likeness (QED) is 0.718. The Labute approximate surface area is 126 Å². The number of rotatable bonds is 9. The van der Waals surface area contributed by atoms with Gasteiger partial charge in [0.1, 0.15) is 0 Å². The second-order valence-corrected chi connectivity index (χ2v) is 5.07. The van der Waals surface area contributed by atoms with Crippen molar-refractivity contribution >= 4 is 16.6 Å². The highest BCUT2D eigenvalue weighted by Gasteiger charge is 2.02. The molecule has 0 aliphatic heterocycles. The van der Waals surface area contributed by atoms with Crippen LogP contribution in [0.5, 0.6) is 0 Å². The van der Waals surface area contributed by atoms with Crippen LogP contribution in [-0.4, -0.2) is 38.5 Å². The second kappa shape index (κ2) is 8.60. The standard InChI is InChI=1S/C17H24N2O2/c1-14-13-17(15-7-3-4-8-16(15)19-14)18-9-5-6-10-21-12-11-20-2/h3-4,7-8,13H,5-6,9-12H2,1-2H3,(H,18,19). The topological polar surface area (TPSA) is 43.4 Å². The Morgan fingerprint density at radius 3 is 2.81 bits per heavy atom. The molecule has 2 aromatic rings. The highest BCUT2D eigenvalue weighted by Crippen LogP contribution is 2.22. The lowest BCUT2D eigenvalue weighted by Crippen LogP contribution is -2.06. The molecule has 0 bridgehead atoms. The first-order valence-corrected chi connectivity index (χ1v) is 7.48. The van der Waals surface area contributed by atoms with E-state index in [0.717, 1.165) is 37.2 Å². The molecule has 114 valence electrons. The Morgan fingerprint density at radius 2 is 1.95 bits per heavy atom. The highest BCUT2D eigenvalue weighted by atomic mass is 16.5. The Bertz CT molecular complexity index is 557. The molecule has 0 fully saturated rings. The van der Waals surface area contributed by atoms with Gasteiger partial charge in [0.25, 0.3) is 0 Å².